The van der Waals surface area contributed by atoms with Crippen LogP contribution in [0.5, 0.6) is 5.75 Å². The van der Waals surface area contributed by atoms with Gasteiger partial charge in [-0.2, -0.15) is 0 Å². The number of hydrogen-bond donors (Lipinski definition) is 2. The molecule has 1 radical (unpaired) electrons. The summed E-state index contributed by atoms with van der Waals surface area (Å²) in [6.45, 7) is 0. The zero-order valence-corrected chi connectivity index (χ0v) is 8.52. The second-order valence-corrected chi connectivity index (χ2v) is 1.97. The van der Waals surface area contributed by atoms with Crippen molar-refractivity contribution in [1.82, 2.24) is 0 Å². The molecule has 1 aromatic rings. The Morgan fingerprint density at radius 1 is 1.50 bits per heavy atom. The Morgan fingerprint density at radius 2 is 2.08 bits per heavy atom. The Balaban J connectivity index is 0.00000121. The molecule has 0 aliphatic heterocycles. The summed E-state index contributed by atoms with van der Waals surface area (Å²) in [5, 5.41) is 19.2. The van der Waals surface area contributed by atoms with Gasteiger partial charge in [0.1, 0.15) is 0 Å². The summed E-state index contributed by atoms with van der Waals surface area (Å²) in [4.78, 5) is 9.48. The smallest absolute Gasteiger partial charge is 0.312 e. The number of nitrogens with two attached hydrogens (primary N) is 1. The molecule has 6 heteroatoms. The summed E-state index contributed by atoms with van der Waals surface area (Å²) >= 11 is 0. The first-order chi connectivity index (χ1) is 5.13. The van der Waals surface area contributed by atoms with E-state index in [4.69, 9.17) is 10.8 Å². The molecule has 0 heterocycles. The van der Waals surface area contributed by atoms with Crippen molar-refractivity contribution < 1.29 is 10.0 Å². The van der Waals surface area contributed by atoms with Crippen LogP contribution in [0.2, 0.25) is 0 Å². The molecule has 0 aromatic heterocycles. The molecular formula is C6H6N2NaO3. The van der Waals surface area contributed by atoms with Crippen LogP contribution in [0.25, 0.3) is 0 Å². The zero-order valence-electron chi connectivity index (χ0n) is 6.52. The molecule has 3 N–H and O–H groups in total. The van der Waals surface area contributed by atoms with E-state index in [1.165, 1.54) is 18.2 Å². The summed E-state index contributed by atoms with van der Waals surface area (Å²) in [6, 6.07) is 3.99. The van der Waals surface area contributed by atoms with Crippen LogP contribution in [0.3, 0.4) is 0 Å². The van der Waals surface area contributed by atoms with Crippen LogP contribution in [0, 0.1) is 10.1 Å². The molecule has 12 heavy (non-hydrogen) atoms. The van der Waals surface area contributed by atoms with E-state index < -0.39 is 10.7 Å². The first-order valence-electron chi connectivity index (χ1n) is 2.85. The summed E-state index contributed by atoms with van der Waals surface area (Å²) in [5.74, 6) is -0.475. The van der Waals surface area contributed by atoms with Crippen molar-refractivity contribution in [1.29, 1.82) is 0 Å². The number of anilines is 1. The average Bonchev–Trinajstić information content (AvgIpc) is 1.94. The van der Waals surface area contributed by atoms with Crippen LogP contribution >= 0.6 is 0 Å². The molecule has 0 fully saturated rings. The SMILES string of the molecule is Nc1cccc([N+](=O)[O-])c1O.[Na]. The monoisotopic (exact) mass is 177 g/mol. The van der Waals surface area contributed by atoms with Crippen LogP contribution in [0.15, 0.2) is 18.2 Å². The molecule has 0 unspecified atom stereocenters. The van der Waals surface area contributed by atoms with Crippen LogP contribution in [-0.2, 0) is 0 Å². The molecular weight excluding hydrogens is 171 g/mol. The summed E-state index contributed by atoms with van der Waals surface area (Å²) in [6.07, 6.45) is 0. The molecule has 0 saturated carbocycles. The minimum atomic E-state index is -0.689. The van der Waals surface area contributed by atoms with Gasteiger partial charge >= 0.3 is 5.69 Å². The number of aromatic hydroxyl groups is 1. The normalized spacial score (nSPS) is 8.67. The maximum Gasteiger partial charge on any atom is 0.312 e. The number of nitro benzene ring substituents is 1. The molecule has 59 valence electrons. The standard InChI is InChI=1S/C6H6N2O3.Na/c7-4-2-1-3-5(6(4)9)8(10)11;/h1-3,9H,7H2;. The van der Waals surface area contributed by atoms with Crippen molar-refractivity contribution in [2.75, 3.05) is 5.73 Å². The third kappa shape index (κ3) is 2.10. The molecule has 0 aliphatic rings. The molecule has 0 amide bonds. The minimum absolute atomic E-state index is 0. The predicted molar refractivity (Wildman–Crippen MR) is 44.9 cm³/mol. The maximum atomic E-state index is 10.2. The molecule has 0 atom stereocenters. The number of nitrogen functional groups attached to an aromatic ring is 1. The molecule has 0 saturated heterocycles. The third-order valence-corrected chi connectivity index (χ3v) is 1.24. The Kier molecular flexibility index (Phi) is 4.02. The van der Waals surface area contributed by atoms with Crippen molar-refractivity contribution in [3.05, 3.63) is 28.3 Å². The van der Waals surface area contributed by atoms with Crippen molar-refractivity contribution in [2.24, 2.45) is 0 Å². The van der Waals surface area contributed by atoms with Gasteiger partial charge in [0.15, 0.2) is 0 Å². The van der Waals surface area contributed by atoms with E-state index in [9.17, 15) is 10.1 Å². The molecule has 1 rings (SSSR count). The molecule has 0 bridgehead atoms. The number of nitro groups is 1. The Morgan fingerprint density at radius 3 is 2.50 bits per heavy atom. The maximum absolute atomic E-state index is 10.2. The summed E-state index contributed by atoms with van der Waals surface area (Å²) < 4.78 is 0. The van der Waals surface area contributed by atoms with Gasteiger partial charge in [0.05, 0.1) is 10.6 Å². The topological polar surface area (TPSA) is 89.4 Å². The predicted octanol–water partition coefficient (Wildman–Crippen LogP) is 0.502. The van der Waals surface area contributed by atoms with Gasteiger partial charge in [-0.1, -0.05) is 6.07 Å². The Hall–Kier alpha value is -0.780. The molecule has 1 aromatic carbocycles. The molecule has 0 spiro atoms. The van der Waals surface area contributed by atoms with E-state index >= 15 is 0 Å². The third-order valence-electron chi connectivity index (χ3n) is 1.24. The van der Waals surface area contributed by atoms with Gasteiger partial charge in [-0.3, -0.25) is 10.1 Å². The van der Waals surface area contributed by atoms with Gasteiger partial charge in [0.25, 0.3) is 0 Å². The zero-order chi connectivity index (χ0) is 8.43. The first kappa shape index (κ1) is 11.2. The number of nitrogens with zero attached hydrogens (tertiary/aromatic N) is 1. The van der Waals surface area contributed by atoms with Gasteiger partial charge in [-0.25, -0.2) is 0 Å². The van der Waals surface area contributed by atoms with Gasteiger partial charge < -0.3 is 10.8 Å². The fourth-order valence-corrected chi connectivity index (χ4v) is 0.696. The minimum Gasteiger partial charge on any atom is -0.501 e. The number of phenols is 1. The number of rotatable bonds is 1. The van der Waals surface area contributed by atoms with E-state index in [2.05, 4.69) is 0 Å². The van der Waals surface area contributed by atoms with Crippen molar-refractivity contribution >= 4 is 40.9 Å². The van der Waals surface area contributed by atoms with Crippen LogP contribution in [-0.4, -0.2) is 39.6 Å². The second kappa shape index (κ2) is 4.30. The first-order valence-corrected chi connectivity index (χ1v) is 2.85. The second-order valence-electron chi connectivity index (χ2n) is 1.97. The quantitative estimate of drug-likeness (QED) is 0.215. The van der Waals surface area contributed by atoms with Crippen molar-refractivity contribution in [3.8, 4) is 5.75 Å². The summed E-state index contributed by atoms with van der Waals surface area (Å²) in [7, 11) is 0. The van der Waals surface area contributed by atoms with E-state index in [-0.39, 0.29) is 40.9 Å². The van der Waals surface area contributed by atoms with Crippen molar-refractivity contribution in [2.45, 2.75) is 0 Å². The van der Waals surface area contributed by atoms with E-state index in [0.717, 1.165) is 0 Å². The van der Waals surface area contributed by atoms with Crippen LogP contribution in [0.4, 0.5) is 11.4 Å². The average molecular weight is 177 g/mol. The van der Waals surface area contributed by atoms with E-state index in [1.807, 2.05) is 0 Å². The van der Waals surface area contributed by atoms with Crippen molar-refractivity contribution in [3.63, 3.8) is 0 Å². The molecule has 0 aliphatic carbocycles. The van der Waals surface area contributed by atoms with E-state index in [1.54, 1.807) is 0 Å². The number of benzene rings is 1. The largest absolute Gasteiger partial charge is 0.501 e. The fourth-order valence-electron chi connectivity index (χ4n) is 0.696. The Bertz CT molecular complexity index is 303. The van der Waals surface area contributed by atoms with Gasteiger partial charge in [0.2, 0.25) is 5.75 Å². The van der Waals surface area contributed by atoms with Crippen LogP contribution < -0.4 is 5.73 Å². The number of hydrogen-bond acceptors (Lipinski definition) is 4. The number of phenolic OH excluding ortho intramolecular Hbond substituents is 1. The fraction of sp³-hybridized carbons (Fsp3) is 0. The van der Waals surface area contributed by atoms with Gasteiger partial charge in [-0.15, -0.1) is 0 Å². The van der Waals surface area contributed by atoms with Gasteiger partial charge in [-0.05, 0) is 6.07 Å². The van der Waals surface area contributed by atoms with E-state index in [0.29, 0.717) is 0 Å². The Labute approximate surface area is 90.6 Å². The van der Waals surface area contributed by atoms with Crippen LogP contribution in [0.1, 0.15) is 0 Å². The van der Waals surface area contributed by atoms with Gasteiger partial charge in [0, 0.05) is 35.6 Å². The molecule has 5 nitrogen and oxygen atoms in total. The summed E-state index contributed by atoms with van der Waals surface area (Å²) in [5.41, 5.74) is 4.85. The number of para-hydroxylation sites is 1.